The number of amides is 2. The first-order chi connectivity index (χ1) is 13.0. The molecule has 7 nitrogen and oxygen atoms in total. The fraction of sp³-hybridized carbons (Fsp3) is 0.421. The van der Waals surface area contributed by atoms with Gasteiger partial charge in [-0.1, -0.05) is 23.7 Å². The molecule has 2 heterocycles. The van der Waals surface area contributed by atoms with Crippen LogP contribution in [0.25, 0.3) is 0 Å². The van der Waals surface area contributed by atoms with Gasteiger partial charge in [0.05, 0.1) is 18.8 Å². The molecule has 0 spiro atoms. The van der Waals surface area contributed by atoms with Crippen LogP contribution in [0.2, 0.25) is 5.02 Å². The Bertz CT molecular complexity index is 830. The maximum Gasteiger partial charge on any atom is 0.318 e. The van der Waals surface area contributed by atoms with E-state index >= 15 is 0 Å². The monoisotopic (exact) mass is 389 g/mol. The lowest BCUT2D eigenvalue weighted by Crippen LogP contribution is -2.42. The van der Waals surface area contributed by atoms with E-state index in [1.165, 1.54) is 0 Å². The van der Waals surface area contributed by atoms with Gasteiger partial charge in [-0.3, -0.25) is 0 Å². The number of aromatic nitrogens is 2. The third kappa shape index (κ3) is 4.87. The van der Waals surface area contributed by atoms with Crippen molar-refractivity contribution in [3.05, 3.63) is 51.8 Å². The summed E-state index contributed by atoms with van der Waals surface area (Å²) in [6, 6.07) is 5.48. The van der Waals surface area contributed by atoms with E-state index in [0.29, 0.717) is 25.6 Å². The van der Waals surface area contributed by atoms with Crippen LogP contribution >= 0.6 is 11.6 Å². The van der Waals surface area contributed by atoms with Gasteiger partial charge in [-0.15, -0.1) is 0 Å². The van der Waals surface area contributed by atoms with E-state index in [9.17, 15) is 4.79 Å². The second kappa shape index (κ2) is 8.54. The molecule has 0 fully saturated rings. The van der Waals surface area contributed by atoms with Crippen molar-refractivity contribution in [2.24, 2.45) is 0 Å². The number of halogens is 1. The Hall–Kier alpha value is -2.38. The molecule has 0 unspecified atom stereocenters. The van der Waals surface area contributed by atoms with Crippen LogP contribution < -0.4 is 10.6 Å². The predicted octanol–water partition coefficient (Wildman–Crippen LogP) is 2.50. The second-order valence-corrected chi connectivity index (χ2v) is 7.21. The fourth-order valence-electron chi connectivity index (χ4n) is 2.92. The van der Waals surface area contributed by atoms with Crippen LogP contribution in [0.5, 0.6) is 0 Å². The summed E-state index contributed by atoms with van der Waals surface area (Å²) in [4.78, 5) is 23.1. The van der Waals surface area contributed by atoms with Gasteiger partial charge in [0.15, 0.2) is 0 Å². The van der Waals surface area contributed by atoms with Crippen LogP contribution in [0.15, 0.2) is 24.4 Å². The molecule has 3 rings (SSSR count). The zero-order valence-electron chi connectivity index (χ0n) is 15.5. The zero-order valence-corrected chi connectivity index (χ0v) is 16.3. The number of fused-ring (bicyclic) bond motifs is 1. The maximum absolute atomic E-state index is 12.5. The molecule has 8 heteroatoms. The minimum absolute atomic E-state index is 0.000845. The van der Waals surface area contributed by atoms with Gasteiger partial charge in [0, 0.05) is 30.4 Å². The number of benzene rings is 1. The molecular weight excluding hydrogens is 366 g/mol. The predicted molar refractivity (Wildman–Crippen MR) is 105 cm³/mol. The summed E-state index contributed by atoms with van der Waals surface area (Å²) in [5.41, 5.74) is 3.88. The first kappa shape index (κ1) is 19.4. The number of hydrogen-bond acceptors (Lipinski definition) is 5. The Balaban J connectivity index is 1.61. The smallest absolute Gasteiger partial charge is 0.318 e. The summed E-state index contributed by atoms with van der Waals surface area (Å²) in [6.45, 7) is 5.30. The van der Waals surface area contributed by atoms with Crippen molar-refractivity contribution < 1.29 is 9.90 Å². The topological polar surface area (TPSA) is 90.4 Å². The molecule has 27 heavy (non-hydrogen) atoms. The summed E-state index contributed by atoms with van der Waals surface area (Å²) in [5.74, 6) is 0.467. The number of aliphatic hydroxyl groups is 1. The highest BCUT2D eigenvalue weighted by atomic mass is 35.5. The van der Waals surface area contributed by atoms with Gasteiger partial charge in [0.2, 0.25) is 5.95 Å². The number of carbonyl (C=O) groups is 1. The number of carbonyl (C=O) groups excluding carboxylic acids is 1. The van der Waals surface area contributed by atoms with E-state index < -0.39 is 0 Å². The maximum atomic E-state index is 12.5. The van der Waals surface area contributed by atoms with E-state index in [1.807, 2.05) is 32.0 Å². The third-order valence-electron chi connectivity index (χ3n) is 4.55. The van der Waals surface area contributed by atoms with Crippen LogP contribution in [0.1, 0.15) is 29.3 Å². The van der Waals surface area contributed by atoms with Crippen molar-refractivity contribution in [1.82, 2.24) is 20.2 Å². The summed E-state index contributed by atoms with van der Waals surface area (Å²) in [5, 5.41) is 15.9. The number of anilines is 1. The SMILES string of the molecule is Cc1cc(CNC(=O)N2CCc3cnc(N[C@@H](C)CO)nc3C2)ccc1Cl. The molecule has 0 aliphatic carbocycles. The molecule has 0 bridgehead atoms. The molecule has 144 valence electrons. The Morgan fingerprint density at radius 2 is 2.26 bits per heavy atom. The lowest BCUT2D eigenvalue weighted by atomic mass is 10.1. The van der Waals surface area contributed by atoms with E-state index in [0.717, 1.165) is 33.8 Å². The molecule has 2 amide bonds. The molecule has 1 aliphatic rings. The highest BCUT2D eigenvalue weighted by Crippen LogP contribution is 2.19. The van der Waals surface area contributed by atoms with Crippen LogP contribution in [-0.4, -0.2) is 45.2 Å². The number of rotatable bonds is 5. The average molecular weight is 390 g/mol. The molecule has 1 aliphatic heterocycles. The molecule has 1 atom stereocenters. The minimum atomic E-state index is -0.131. The first-order valence-electron chi connectivity index (χ1n) is 8.96. The van der Waals surface area contributed by atoms with E-state index in [4.69, 9.17) is 16.7 Å². The van der Waals surface area contributed by atoms with Crippen molar-refractivity contribution in [2.45, 2.75) is 39.4 Å². The number of nitrogens with one attached hydrogen (secondary N) is 2. The molecule has 3 N–H and O–H groups in total. The van der Waals surface area contributed by atoms with Crippen molar-refractivity contribution in [1.29, 1.82) is 0 Å². The van der Waals surface area contributed by atoms with Crippen molar-refractivity contribution >= 4 is 23.6 Å². The highest BCUT2D eigenvalue weighted by molar-refractivity contribution is 6.31. The molecule has 2 aromatic rings. The average Bonchev–Trinajstić information content (AvgIpc) is 2.68. The quantitative estimate of drug-likeness (QED) is 0.731. The largest absolute Gasteiger partial charge is 0.394 e. The Kier molecular flexibility index (Phi) is 6.13. The van der Waals surface area contributed by atoms with Gasteiger partial charge in [-0.2, -0.15) is 0 Å². The van der Waals surface area contributed by atoms with Crippen molar-refractivity contribution in [3.8, 4) is 0 Å². The van der Waals surface area contributed by atoms with E-state index in [-0.39, 0.29) is 18.7 Å². The standard InChI is InChI=1S/C19H24ClN5O2/c1-12-7-14(3-4-16(12)20)8-22-19(27)25-6-5-15-9-21-18(23-13(2)11-26)24-17(15)10-25/h3-4,7,9,13,26H,5-6,8,10-11H2,1-2H3,(H,22,27)(H,21,23,24)/t13-/m0/s1. The van der Waals surface area contributed by atoms with Gasteiger partial charge < -0.3 is 20.6 Å². The van der Waals surface area contributed by atoms with Gasteiger partial charge >= 0.3 is 6.03 Å². The zero-order chi connectivity index (χ0) is 19.4. The number of hydrogen-bond donors (Lipinski definition) is 3. The number of aryl methyl sites for hydroxylation is 1. The fourth-order valence-corrected chi connectivity index (χ4v) is 3.04. The Labute approximate surface area is 163 Å². The minimum Gasteiger partial charge on any atom is -0.394 e. The van der Waals surface area contributed by atoms with Crippen molar-refractivity contribution in [3.63, 3.8) is 0 Å². The summed E-state index contributed by atoms with van der Waals surface area (Å²) in [7, 11) is 0. The third-order valence-corrected chi connectivity index (χ3v) is 4.97. The summed E-state index contributed by atoms with van der Waals surface area (Å²) in [6.07, 6.45) is 2.51. The Morgan fingerprint density at radius 3 is 3.00 bits per heavy atom. The van der Waals surface area contributed by atoms with Crippen LogP contribution in [0.4, 0.5) is 10.7 Å². The molecule has 0 radical (unpaired) electrons. The number of aliphatic hydroxyl groups excluding tert-OH is 1. The van der Waals surface area contributed by atoms with E-state index in [1.54, 1.807) is 11.1 Å². The molecule has 1 aromatic carbocycles. The normalized spacial score (nSPS) is 14.4. The van der Waals surface area contributed by atoms with Crippen LogP contribution in [-0.2, 0) is 19.5 Å². The first-order valence-corrected chi connectivity index (χ1v) is 9.34. The Morgan fingerprint density at radius 1 is 1.44 bits per heavy atom. The highest BCUT2D eigenvalue weighted by Gasteiger charge is 2.22. The van der Waals surface area contributed by atoms with Gasteiger partial charge in [-0.25, -0.2) is 14.8 Å². The van der Waals surface area contributed by atoms with Gasteiger partial charge in [0.1, 0.15) is 0 Å². The molecule has 0 saturated carbocycles. The number of urea groups is 1. The molecule has 1 aromatic heterocycles. The number of nitrogens with zero attached hydrogens (tertiary/aromatic N) is 3. The van der Waals surface area contributed by atoms with E-state index in [2.05, 4.69) is 20.6 Å². The summed E-state index contributed by atoms with van der Waals surface area (Å²) < 4.78 is 0. The summed E-state index contributed by atoms with van der Waals surface area (Å²) >= 11 is 6.04. The van der Waals surface area contributed by atoms with Crippen LogP contribution in [0.3, 0.4) is 0 Å². The van der Waals surface area contributed by atoms with Crippen molar-refractivity contribution in [2.75, 3.05) is 18.5 Å². The lowest BCUT2D eigenvalue weighted by Gasteiger charge is -2.28. The van der Waals surface area contributed by atoms with Crippen LogP contribution in [0, 0.1) is 6.92 Å². The van der Waals surface area contributed by atoms with Gasteiger partial charge in [-0.05, 0) is 43.0 Å². The van der Waals surface area contributed by atoms with Gasteiger partial charge in [0.25, 0.3) is 0 Å². The lowest BCUT2D eigenvalue weighted by molar-refractivity contribution is 0.191. The molecular formula is C19H24ClN5O2. The second-order valence-electron chi connectivity index (χ2n) is 6.81. The molecule has 0 saturated heterocycles.